The lowest BCUT2D eigenvalue weighted by molar-refractivity contribution is -0.158. The smallest absolute Gasteiger partial charge is 0.312 e. The van der Waals surface area contributed by atoms with Crippen LogP contribution in [-0.4, -0.2) is 43.6 Å². The molecular formula is C24H32N2O5. The molecule has 6 atom stereocenters. The number of amides is 2. The van der Waals surface area contributed by atoms with E-state index in [0.717, 1.165) is 5.92 Å². The van der Waals surface area contributed by atoms with Gasteiger partial charge in [-0.1, -0.05) is 18.6 Å². The SMILES string of the molecule is COc1ccccc1N1C[C@H](C(=O)O[C@H](C)C(=O)N[C@H](C)[C@@H]2C[C@@H]3CC[C@@H]2C3)CC1=O. The van der Waals surface area contributed by atoms with Gasteiger partial charge in [0.1, 0.15) is 5.75 Å². The number of anilines is 1. The number of rotatable bonds is 7. The molecule has 1 aromatic carbocycles. The van der Waals surface area contributed by atoms with Crippen LogP contribution in [0.2, 0.25) is 0 Å². The zero-order valence-corrected chi connectivity index (χ0v) is 18.5. The van der Waals surface area contributed by atoms with Crippen LogP contribution in [0, 0.1) is 23.7 Å². The highest BCUT2D eigenvalue weighted by molar-refractivity contribution is 6.00. The number of ether oxygens (including phenoxy) is 2. The minimum absolute atomic E-state index is 0.0623. The van der Waals surface area contributed by atoms with Crippen molar-refractivity contribution in [2.75, 3.05) is 18.6 Å². The van der Waals surface area contributed by atoms with Crippen LogP contribution in [0.1, 0.15) is 46.0 Å². The molecule has 3 fully saturated rings. The lowest BCUT2D eigenvalue weighted by atomic mass is 9.84. The third-order valence-corrected chi connectivity index (χ3v) is 7.30. The summed E-state index contributed by atoms with van der Waals surface area (Å²) < 4.78 is 10.8. The summed E-state index contributed by atoms with van der Waals surface area (Å²) in [6.07, 6.45) is 4.23. The molecule has 2 saturated carbocycles. The Morgan fingerprint density at radius 3 is 2.61 bits per heavy atom. The number of hydrogen-bond acceptors (Lipinski definition) is 5. The van der Waals surface area contributed by atoms with Gasteiger partial charge >= 0.3 is 5.97 Å². The summed E-state index contributed by atoms with van der Waals surface area (Å²) in [5, 5.41) is 3.05. The Labute approximate surface area is 183 Å². The molecule has 4 rings (SSSR count). The topological polar surface area (TPSA) is 84.9 Å². The molecule has 7 heteroatoms. The van der Waals surface area contributed by atoms with E-state index in [4.69, 9.17) is 9.47 Å². The van der Waals surface area contributed by atoms with Crippen molar-refractivity contribution >= 4 is 23.5 Å². The molecule has 0 radical (unpaired) electrons. The molecule has 2 amide bonds. The van der Waals surface area contributed by atoms with E-state index in [1.807, 2.05) is 12.1 Å². The van der Waals surface area contributed by atoms with Crippen LogP contribution in [0.4, 0.5) is 5.69 Å². The number of carbonyl (C=O) groups excluding carboxylic acids is 3. The quantitative estimate of drug-likeness (QED) is 0.675. The van der Waals surface area contributed by atoms with Crippen molar-refractivity contribution in [2.24, 2.45) is 23.7 Å². The van der Waals surface area contributed by atoms with E-state index in [1.165, 1.54) is 25.7 Å². The van der Waals surface area contributed by atoms with Crippen molar-refractivity contribution in [3.8, 4) is 5.75 Å². The fourth-order valence-corrected chi connectivity index (χ4v) is 5.63. The first kappa shape index (κ1) is 21.7. The first-order chi connectivity index (χ1) is 14.9. The van der Waals surface area contributed by atoms with E-state index in [9.17, 15) is 14.4 Å². The Morgan fingerprint density at radius 2 is 1.94 bits per heavy atom. The first-order valence-electron chi connectivity index (χ1n) is 11.3. The normalized spacial score (nSPS) is 29.0. The van der Waals surface area contributed by atoms with Gasteiger partial charge in [0.05, 0.1) is 18.7 Å². The fourth-order valence-electron chi connectivity index (χ4n) is 5.63. The Bertz CT molecular complexity index is 856. The third-order valence-electron chi connectivity index (χ3n) is 7.30. The van der Waals surface area contributed by atoms with Crippen molar-refractivity contribution < 1.29 is 23.9 Å². The summed E-state index contributed by atoms with van der Waals surface area (Å²) in [4.78, 5) is 39.4. The summed E-state index contributed by atoms with van der Waals surface area (Å²) in [7, 11) is 1.54. The van der Waals surface area contributed by atoms with Gasteiger partial charge < -0.3 is 19.7 Å². The molecule has 2 aliphatic carbocycles. The van der Waals surface area contributed by atoms with Gasteiger partial charge in [0.15, 0.2) is 6.10 Å². The van der Waals surface area contributed by atoms with Crippen LogP contribution < -0.4 is 15.0 Å². The molecule has 0 unspecified atom stereocenters. The van der Waals surface area contributed by atoms with Gasteiger partial charge in [-0.2, -0.15) is 0 Å². The maximum Gasteiger partial charge on any atom is 0.312 e. The second-order valence-electron chi connectivity index (χ2n) is 9.29. The number of hydrogen-bond donors (Lipinski definition) is 1. The van der Waals surface area contributed by atoms with Crippen molar-refractivity contribution in [1.82, 2.24) is 5.32 Å². The molecule has 31 heavy (non-hydrogen) atoms. The molecule has 3 aliphatic rings. The summed E-state index contributed by atoms with van der Waals surface area (Å²) in [6.45, 7) is 3.86. The van der Waals surface area contributed by atoms with E-state index in [2.05, 4.69) is 12.2 Å². The van der Waals surface area contributed by atoms with Gasteiger partial charge in [0, 0.05) is 19.0 Å². The summed E-state index contributed by atoms with van der Waals surface area (Å²) in [5.41, 5.74) is 0.635. The van der Waals surface area contributed by atoms with Crippen LogP contribution in [0.5, 0.6) is 5.75 Å². The molecule has 168 valence electrons. The summed E-state index contributed by atoms with van der Waals surface area (Å²) >= 11 is 0. The zero-order valence-electron chi connectivity index (χ0n) is 18.5. The van der Waals surface area contributed by atoms with Crippen molar-refractivity contribution in [1.29, 1.82) is 0 Å². The molecule has 1 aromatic rings. The van der Waals surface area contributed by atoms with E-state index in [0.29, 0.717) is 23.3 Å². The fraction of sp³-hybridized carbons (Fsp3) is 0.625. The largest absolute Gasteiger partial charge is 0.495 e. The maximum absolute atomic E-state index is 12.7. The molecule has 1 heterocycles. The van der Waals surface area contributed by atoms with Crippen LogP contribution in [0.25, 0.3) is 0 Å². The number of nitrogens with one attached hydrogen (secondary N) is 1. The minimum atomic E-state index is -0.885. The van der Waals surface area contributed by atoms with E-state index >= 15 is 0 Å². The van der Waals surface area contributed by atoms with Crippen molar-refractivity contribution in [3.05, 3.63) is 24.3 Å². The number of carbonyl (C=O) groups is 3. The maximum atomic E-state index is 12.7. The van der Waals surface area contributed by atoms with Crippen molar-refractivity contribution in [2.45, 2.75) is 58.1 Å². The van der Waals surface area contributed by atoms with Crippen LogP contribution in [0.15, 0.2) is 24.3 Å². The Balaban J connectivity index is 1.30. The summed E-state index contributed by atoms with van der Waals surface area (Å²) in [6, 6.07) is 7.29. The highest BCUT2D eigenvalue weighted by atomic mass is 16.5. The average Bonchev–Trinajstić information content (AvgIpc) is 3.49. The molecule has 0 aromatic heterocycles. The predicted octanol–water partition coefficient (Wildman–Crippen LogP) is 2.92. The number of benzene rings is 1. The minimum Gasteiger partial charge on any atom is -0.495 e. The Hall–Kier alpha value is -2.57. The second-order valence-corrected chi connectivity index (χ2v) is 9.29. The van der Waals surface area contributed by atoms with Gasteiger partial charge in [-0.05, 0) is 63.0 Å². The zero-order chi connectivity index (χ0) is 22.1. The number of fused-ring (bicyclic) bond motifs is 2. The van der Waals surface area contributed by atoms with Crippen LogP contribution in [-0.2, 0) is 19.1 Å². The van der Waals surface area contributed by atoms with Gasteiger partial charge in [0.25, 0.3) is 5.91 Å². The highest BCUT2D eigenvalue weighted by Gasteiger charge is 2.43. The van der Waals surface area contributed by atoms with Gasteiger partial charge in [-0.25, -0.2) is 0 Å². The monoisotopic (exact) mass is 428 g/mol. The lowest BCUT2D eigenvalue weighted by Gasteiger charge is -2.29. The van der Waals surface area contributed by atoms with Gasteiger partial charge in [-0.15, -0.1) is 0 Å². The standard InChI is InChI=1S/C24H32N2O5/c1-14(19-11-16-8-9-17(19)10-16)25-23(28)15(2)31-24(29)18-12-22(27)26(13-18)20-6-4-5-7-21(20)30-3/h4-7,14-19H,8-13H2,1-3H3,(H,25,28)/t14-,15-,16-,17-,18-,19+/m1/s1. The van der Waals surface area contributed by atoms with E-state index in [-0.39, 0.29) is 30.8 Å². The summed E-state index contributed by atoms with van der Waals surface area (Å²) in [5.74, 6) is 1.08. The lowest BCUT2D eigenvalue weighted by Crippen LogP contribution is -2.45. The van der Waals surface area contributed by atoms with Gasteiger partial charge in [0.2, 0.25) is 5.91 Å². The van der Waals surface area contributed by atoms with E-state index in [1.54, 1.807) is 31.1 Å². The third kappa shape index (κ3) is 4.41. The molecule has 2 bridgehead atoms. The molecule has 7 nitrogen and oxygen atoms in total. The number of para-hydroxylation sites is 2. The number of esters is 1. The van der Waals surface area contributed by atoms with Crippen molar-refractivity contribution in [3.63, 3.8) is 0 Å². The predicted molar refractivity (Wildman–Crippen MR) is 116 cm³/mol. The highest BCUT2D eigenvalue weighted by Crippen LogP contribution is 2.49. The molecule has 1 N–H and O–H groups in total. The molecular weight excluding hydrogens is 396 g/mol. The van der Waals surface area contributed by atoms with E-state index < -0.39 is 18.0 Å². The number of nitrogens with zero attached hydrogens (tertiary/aromatic N) is 1. The molecule has 0 spiro atoms. The second kappa shape index (κ2) is 8.89. The molecule has 1 saturated heterocycles. The average molecular weight is 429 g/mol. The Kier molecular flexibility index (Phi) is 6.21. The van der Waals surface area contributed by atoms with Crippen LogP contribution in [0.3, 0.4) is 0 Å². The first-order valence-corrected chi connectivity index (χ1v) is 11.3. The Morgan fingerprint density at radius 1 is 1.16 bits per heavy atom. The number of methoxy groups -OCH3 is 1. The van der Waals surface area contributed by atoms with Crippen LogP contribution >= 0.6 is 0 Å². The molecule has 1 aliphatic heterocycles. The van der Waals surface area contributed by atoms with Gasteiger partial charge in [-0.3, -0.25) is 14.4 Å².